The van der Waals surface area contributed by atoms with E-state index in [0.717, 1.165) is 12.5 Å². The van der Waals surface area contributed by atoms with Crippen LogP contribution in [0.3, 0.4) is 0 Å². The molecule has 1 unspecified atom stereocenters. The molecule has 0 aromatic heterocycles. The first-order valence-corrected chi connectivity index (χ1v) is 5.84. The number of likely N-dealkylation sites (N-methyl/N-ethyl adjacent to an activating group) is 1. The normalized spacial score (nSPS) is 19.6. The molecule has 5 nitrogen and oxygen atoms in total. The molecule has 0 spiro atoms. The minimum absolute atomic E-state index is 0.0317. The van der Waals surface area contributed by atoms with E-state index in [1.54, 1.807) is 0 Å². The van der Waals surface area contributed by atoms with Crippen LogP contribution in [0.25, 0.3) is 0 Å². The van der Waals surface area contributed by atoms with Crippen LogP contribution < -0.4 is 4.90 Å². The first kappa shape index (κ1) is 12.8. The van der Waals surface area contributed by atoms with Gasteiger partial charge in [0.15, 0.2) is 0 Å². The summed E-state index contributed by atoms with van der Waals surface area (Å²) in [7, 11) is 3.96. The molecule has 1 fully saturated rings. The molecule has 1 aromatic carbocycles. The predicted molar refractivity (Wildman–Crippen MR) is 67.4 cm³/mol. The molecule has 18 heavy (non-hydrogen) atoms. The van der Waals surface area contributed by atoms with Crippen molar-refractivity contribution >= 4 is 11.4 Å². The molecule has 0 aliphatic carbocycles. The number of hydrogen-bond donors (Lipinski definition) is 0. The molecule has 0 bridgehead atoms. The molecule has 1 aromatic rings. The Morgan fingerprint density at radius 3 is 2.78 bits per heavy atom. The lowest BCUT2D eigenvalue weighted by Gasteiger charge is -2.21. The molecule has 0 radical (unpaired) electrons. The van der Waals surface area contributed by atoms with Gasteiger partial charge < -0.3 is 9.80 Å². The second kappa shape index (κ2) is 4.89. The Morgan fingerprint density at radius 1 is 1.50 bits per heavy atom. The molecular formula is C12H16FN3O2. The minimum Gasteiger partial charge on any atom is -0.364 e. The van der Waals surface area contributed by atoms with Gasteiger partial charge in [-0.05, 0) is 26.6 Å². The summed E-state index contributed by atoms with van der Waals surface area (Å²) in [5, 5.41) is 11.0. The second-order valence-electron chi connectivity index (χ2n) is 4.74. The van der Waals surface area contributed by atoms with Crippen molar-refractivity contribution in [3.63, 3.8) is 0 Å². The molecule has 1 atom stereocenters. The Hall–Kier alpha value is -1.69. The van der Waals surface area contributed by atoms with Crippen LogP contribution in [-0.2, 0) is 0 Å². The summed E-state index contributed by atoms with van der Waals surface area (Å²) in [6.07, 6.45) is 0.931. The molecule has 1 aliphatic rings. The number of rotatable bonds is 3. The summed E-state index contributed by atoms with van der Waals surface area (Å²) in [5.41, 5.74) is 0.347. The van der Waals surface area contributed by atoms with Crippen molar-refractivity contribution in [3.05, 3.63) is 34.1 Å². The zero-order valence-corrected chi connectivity index (χ0v) is 10.5. The van der Waals surface area contributed by atoms with Gasteiger partial charge in [-0.15, -0.1) is 0 Å². The maximum absolute atomic E-state index is 13.3. The summed E-state index contributed by atoms with van der Waals surface area (Å²) < 4.78 is 13.3. The van der Waals surface area contributed by atoms with Gasteiger partial charge in [-0.25, -0.2) is 4.39 Å². The molecule has 1 heterocycles. The van der Waals surface area contributed by atoms with Gasteiger partial charge in [0.05, 0.1) is 4.92 Å². The van der Waals surface area contributed by atoms with Gasteiger partial charge >= 0.3 is 0 Å². The zero-order valence-electron chi connectivity index (χ0n) is 10.5. The van der Waals surface area contributed by atoms with Crippen molar-refractivity contribution in [2.45, 2.75) is 12.5 Å². The number of anilines is 1. The molecule has 0 saturated carbocycles. The molecule has 0 N–H and O–H groups in total. The standard InChI is InChI=1S/C12H16FN3O2/c1-14(2)10-5-6-15(8-10)12-7-9(13)3-4-11(12)16(17)18/h3-4,7,10H,5-6,8H2,1-2H3. The first-order valence-electron chi connectivity index (χ1n) is 5.84. The number of nitro benzene ring substituents is 1. The number of benzene rings is 1. The van der Waals surface area contributed by atoms with Gasteiger partial charge in [-0.1, -0.05) is 0 Å². The second-order valence-corrected chi connectivity index (χ2v) is 4.74. The van der Waals surface area contributed by atoms with Crippen molar-refractivity contribution in [2.75, 3.05) is 32.1 Å². The quantitative estimate of drug-likeness (QED) is 0.609. The van der Waals surface area contributed by atoms with E-state index in [9.17, 15) is 14.5 Å². The highest BCUT2D eigenvalue weighted by Gasteiger charge is 2.28. The van der Waals surface area contributed by atoms with Crippen molar-refractivity contribution < 1.29 is 9.31 Å². The average molecular weight is 253 g/mol. The smallest absolute Gasteiger partial charge is 0.292 e. The van der Waals surface area contributed by atoms with Crippen LogP contribution >= 0.6 is 0 Å². The fourth-order valence-corrected chi connectivity index (χ4v) is 2.29. The third-order valence-electron chi connectivity index (χ3n) is 3.37. The lowest BCUT2D eigenvalue weighted by Crippen LogP contribution is -2.31. The molecule has 0 amide bonds. The van der Waals surface area contributed by atoms with E-state index in [1.807, 2.05) is 19.0 Å². The minimum atomic E-state index is -0.461. The third kappa shape index (κ3) is 2.43. The van der Waals surface area contributed by atoms with E-state index in [1.165, 1.54) is 12.1 Å². The highest BCUT2D eigenvalue weighted by Crippen LogP contribution is 2.31. The van der Waals surface area contributed by atoms with Gasteiger partial charge in [-0.2, -0.15) is 0 Å². The van der Waals surface area contributed by atoms with Gasteiger partial charge in [0.2, 0.25) is 0 Å². The number of hydrogen-bond acceptors (Lipinski definition) is 4. The van der Waals surface area contributed by atoms with Crippen LogP contribution in [0.2, 0.25) is 0 Å². The van der Waals surface area contributed by atoms with Crippen LogP contribution in [-0.4, -0.2) is 43.0 Å². The molecule has 1 aliphatic heterocycles. The summed E-state index contributed by atoms with van der Waals surface area (Å²) in [6, 6.07) is 3.96. The van der Waals surface area contributed by atoms with Crippen molar-refractivity contribution in [2.24, 2.45) is 0 Å². The monoisotopic (exact) mass is 253 g/mol. The van der Waals surface area contributed by atoms with E-state index >= 15 is 0 Å². The molecule has 2 rings (SSSR count). The molecular weight excluding hydrogens is 237 g/mol. The maximum Gasteiger partial charge on any atom is 0.292 e. The van der Waals surface area contributed by atoms with E-state index in [-0.39, 0.29) is 5.69 Å². The first-order chi connectivity index (χ1) is 8.49. The van der Waals surface area contributed by atoms with Gasteiger partial charge in [0.25, 0.3) is 5.69 Å². The van der Waals surface area contributed by atoms with E-state index in [2.05, 4.69) is 4.90 Å². The fourth-order valence-electron chi connectivity index (χ4n) is 2.29. The van der Waals surface area contributed by atoms with Gasteiger partial charge in [0, 0.05) is 31.3 Å². The topological polar surface area (TPSA) is 49.6 Å². The zero-order chi connectivity index (χ0) is 13.3. The molecule has 1 saturated heterocycles. The Bertz CT molecular complexity index is 465. The lowest BCUT2D eigenvalue weighted by atomic mass is 10.2. The van der Waals surface area contributed by atoms with Gasteiger partial charge in [-0.3, -0.25) is 10.1 Å². The highest BCUT2D eigenvalue weighted by molar-refractivity contribution is 5.64. The Balaban J connectivity index is 2.28. The Labute approximate surface area is 105 Å². The maximum atomic E-state index is 13.3. The SMILES string of the molecule is CN(C)C1CCN(c2cc(F)ccc2[N+](=O)[O-])C1. The fraction of sp³-hybridized carbons (Fsp3) is 0.500. The summed E-state index contributed by atoms with van der Waals surface area (Å²) in [5.74, 6) is -0.441. The molecule has 6 heteroatoms. The average Bonchev–Trinajstić information content (AvgIpc) is 2.77. The van der Waals surface area contributed by atoms with Crippen LogP contribution in [0, 0.1) is 15.9 Å². The van der Waals surface area contributed by atoms with Crippen molar-refractivity contribution in [1.82, 2.24) is 4.90 Å². The van der Waals surface area contributed by atoms with E-state index in [0.29, 0.717) is 24.8 Å². The van der Waals surface area contributed by atoms with Crippen LogP contribution in [0.1, 0.15) is 6.42 Å². The summed E-state index contributed by atoms with van der Waals surface area (Å²) in [4.78, 5) is 14.5. The highest BCUT2D eigenvalue weighted by atomic mass is 19.1. The van der Waals surface area contributed by atoms with Crippen LogP contribution in [0.15, 0.2) is 18.2 Å². The van der Waals surface area contributed by atoms with E-state index < -0.39 is 10.7 Å². The Kier molecular flexibility index (Phi) is 3.47. The van der Waals surface area contributed by atoms with Crippen LogP contribution in [0.5, 0.6) is 0 Å². The van der Waals surface area contributed by atoms with Crippen LogP contribution in [0.4, 0.5) is 15.8 Å². The molecule has 98 valence electrons. The van der Waals surface area contributed by atoms with Crippen molar-refractivity contribution in [3.8, 4) is 0 Å². The van der Waals surface area contributed by atoms with E-state index in [4.69, 9.17) is 0 Å². The van der Waals surface area contributed by atoms with Gasteiger partial charge in [0.1, 0.15) is 11.5 Å². The van der Waals surface area contributed by atoms with Crippen molar-refractivity contribution in [1.29, 1.82) is 0 Å². The predicted octanol–water partition coefficient (Wildman–Crippen LogP) is 1.87. The largest absolute Gasteiger partial charge is 0.364 e. The summed E-state index contributed by atoms with van der Waals surface area (Å²) in [6.45, 7) is 1.41. The lowest BCUT2D eigenvalue weighted by molar-refractivity contribution is -0.384. The summed E-state index contributed by atoms with van der Waals surface area (Å²) >= 11 is 0. The number of nitrogens with zero attached hydrogens (tertiary/aromatic N) is 3. The number of halogens is 1. The number of nitro groups is 1. The third-order valence-corrected chi connectivity index (χ3v) is 3.37. The Morgan fingerprint density at radius 2 is 2.22 bits per heavy atom.